The number of hydrogen-bond acceptors (Lipinski definition) is 4. The number of piperidine rings is 1. The second-order valence-electron chi connectivity index (χ2n) is 6.84. The lowest BCUT2D eigenvalue weighted by molar-refractivity contribution is -0.131. The minimum atomic E-state index is -0.238. The van der Waals surface area contributed by atoms with Crippen LogP contribution in [0.5, 0.6) is 11.5 Å². The Bertz CT molecular complexity index is 827. The first-order valence-corrected chi connectivity index (χ1v) is 9.51. The number of carbonyl (C=O) groups is 2. The van der Waals surface area contributed by atoms with Crippen LogP contribution < -0.4 is 14.8 Å². The summed E-state index contributed by atoms with van der Waals surface area (Å²) in [6, 6.07) is 12.4. The summed E-state index contributed by atoms with van der Waals surface area (Å²) in [6.07, 6.45) is 3.78. The van der Waals surface area contributed by atoms with E-state index in [1.807, 2.05) is 29.2 Å². The van der Waals surface area contributed by atoms with Crippen LogP contribution in [0.1, 0.15) is 35.2 Å². The summed E-state index contributed by atoms with van der Waals surface area (Å²) in [7, 11) is 3.08. The van der Waals surface area contributed by atoms with Crippen molar-refractivity contribution >= 4 is 17.5 Å². The van der Waals surface area contributed by atoms with Crippen molar-refractivity contribution < 1.29 is 19.1 Å². The molecule has 0 aliphatic carbocycles. The molecule has 3 rings (SSSR count). The Labute approximate surface area is 165 Å². The van der Waals surface area contributed by atoms with E-state index in [9.17, 15) is 9.59 Å². The second kappa shape index (κ2) is 9.26. The molecule has 0 bridgehead atoms. The molecule has 0 unspecified atom stereocenters. The van der Waals surface area contributed by atoms with E-state index in [-0.39, 0.29) is 11.8 Å². The van der Waals surface area contributed by atoms with Gasteiger partial charge in [-0.1, -0.05) is 12.1 Å². The first-order valence-electron chi connectivity index (χ1n) is 9.51. The monoisotopic (exact) mass is 382 g/mol. The molecule has 148 valence electrons. The Hall–Kier alpha value is -3.02. The van der Waals surface area contributed by atoms with E-state index in [2.05, 4.69) is 5.32 Å². The van der Waals surface area contributed by atoms with Crippen molar-refractivity contribution in [1.82, 2.24) is 4.90 Å². The van der Waals surface area contributed by atoms with Crippen LogP contribution in [0, 0.1) is 0 Å². The number of hydrogen-bond donors (Lipinski definition) is 1. The smallest absolute Gasteiger partial charge is 0.255 e. The van der Waals surface area contributed by atoms with Crippen LogP contribution in [0.4, 0.5) is 5.69 Å². The molecule has 2 aromatic carbocycles. The van der Waals surface area contributed by atoms with E-state index in [4.69, 9.17) is 9.47 Å². The van der Waals surface area contributed by atoms with Crippen molar-refractivity contribution in [2.75, 3.05) is 32.6 Å². The number of likely N-dealkylation sites (tertiary alicyclic amines) is 1. The SMILES string of the molecule is COc1ccc(C(=O)Nc2ccc(CC(=O)N3CCCCC3)cc2)cc1OC. The quantitative estimate of drug-likeness (QED) is 0.830. The highest BCUT2D eigenvalue weighted by Crippen LogP contribution is 2.28. The molecule has 6 nitrogen and oxygen atoms in total. The van der Waals surface area contributed by atoms with Gasteiger partial charge in [-0.25, -0.2) is 0 Å². The van der Waals surface area contributed by atoms with E-state index in [1.54, 1.807) is 25.3 Å². The molecule has 1 aliphatic rings. The van der Waals surface area contributed by atoms with E-state index in [1.165, 1.54) is 13.5 Å². The van der Waals surface area contributed by atoms with Crippen LogP contribution in [-0.4, -0.2) is 44.0 Å². The molecule has 2 amide bonds. The highest BCUT2D eigenvalue weighted by molar-refractivity contribution is 6.04. The summed E-state index contributed by atoms with van der Waals surface area (Å²) in [5.74, 6) is 1.00. The summed E-state index contributed by atoms with van der Waals surface area (Å²) < 4.78 is 10.4. The molecule has 28 heavy (non-hydrogen) atoms. The third-order valence-electron chi connectivity index (χ3n) is 4.92. The van der Waals surface area contributed by atoms with Gasteiger partial charge >= 0.3 is 0 Å². The molecule has 1 fully saturated rings. The lowest BCUT2D eigenvalue weighted by Crippen LogP contribution is -2.36. The first-order chi connectivity index (χ1) is 13.6. The van der Waals surface area contributed by atoms with Gasteiger partial charge in [0.05, 0.1) is 20.6 Å². The molecule has 0 radical (unpaired) electrons. The van der Waals surface area contributed by atoms with Crippen LogP contribution in [0.25, 0.3) is 0 Å². The number of nitrogens with zero attached hydrogens (tertiary/aromatic N) is 1. The van der Waals surface area contributed by atoms with Gasteiger partial charge in [0.25, 0.3) is 5.91 Å². The van der Waals surface area contributed by atoms with Gasteiger partial charge in [0, 0.05) is 24.3 Å². The minimum Gasteiger partial charge on any atom is -0.493 e. The summed E-state index contributed by atoms with van der Waals surface area (Å²) in [5.41, 5.74) is 2.09. The summed E-state index contributed by atoms with van der Waals surface area (Å²) in [5, 5.41) is 2.86. The van der Waals surface area contributed by atoms with Crippen molar-refractivity contribution in [1.29, 1.82) is 0 Å². The number of nitrogens with one attached hydrogen (secondary N) is 1. The highest BCUT2D eigenvalue weighted by Gasteiger charge is 2.16. The van der Waals surface area contributed by atoms with Crippen LogP contribution >= 0.6 is 0 Å². The zero-order valence-electron chi connectivity index (χ0n) is 16.4. The van der Waals surface area contributed by atoms with E-state index in [0.29, 0.717) is 29.2 Å². The average molecular weight is 382 g/mol. The Kier molecular flexibility index (Phi) is 6.53. The number of anilines is 1. The summed E-state index contributed by atoms with van der Waals surface area (Å²) >= 11 is 0. The molecule has 1 heterocycles. The molecule has 1 aliphatic heterocycles. The van der Waals surface area contributed by atoms with Crippen LogP contribution in [0.15, 0.2) is 42.5 Å². The van der Waals surface area contributed by atoms with Gasteiger partial charge in [-0.05, 0) is 55.2 Å². The molecule has 1 saturated heterocycles. The molecule has 6 heteroatoms. The van der Waals surface area contributed by atoms with E-state index in [0.717, 1.165) is 31.5 Å². The van der Waals surface area contributed by atoms with Crippen molar-refractivity contribution in [3.05, 3.63) is 53.6 Å². The van der Waals surface area contributed by atoms with Crippen molar-refractivity contribution in [3.63, 3.8) is 0 Å². The zero-order valence-corrected chi connectivity index (χ0v) is 16.4. The number of ether oxygens (including phenoxy) is 2. The van der Waals surface area contributed by atoms with Gasteiger partial charge in [0.15, 0.2) is 11.5 Å². The van der Waals surface area contributed by atoms with E-state index >= 15 is 0 Å². The standard InChI is InChI=1S/C22H26N2O4/c1-27-19-11-8-17(15-20(19)28-2)22(26)23-18-9-6-16(7-10-18)14-21(25)24-12-4-3-5-13-24/h6-11,15H,3-5,12-14H2,1-2H3,(H,23,26). The molecule has 0 aromatic heterocycles. The lowest BCUT2D eigenvalue weighted by atomic mass is 10.1. The molecule has 0 saturated carbocycles. The number of amides is 2. The maximum absolute atomic E-state index is 12.5. The van der Waals surface area contributed by atoms with Gasteiger partial charge in [-0.15, -0.1) is 0 Å². The highest BCUT2D eigenvalue weighted by atomic mass is 16.5. The second-order valence-corrected chi connectivity index (χ2v) is 6.84. The Morgan fingerprint density at radius 1 is 0.929 bits per heavy atom. The lowest BCUT2D eigenvalue weighted by Gasteiger charge is -2.26. The fourth-order valence-corrected chi connectivity index (χ4v) is 3.32. The third-order valence-corrected chi connectivity index (χ3v) is 4.92. The topological polar surface area (TPSA) is 67.9 Å². The molecule has 1 N–H and O–H groups in total. The molecule has 0 atom stereocenters. The number of benzene rings is 2. The van der Waals surface area contributed by atoms with Gasteiger partial charge < -0.3 is 19.7 Å². The molecule has 0 spiro atoms. The number of carbonyl (C=O) groups excluding carboxylic acids is 2. The van der Waals surface area contributed by atoms with Gasteiger partial charge in [0.2, 0.25) is 5.91 Å². The Morgan fingerprint density at radius 3 is 2.25 bits per heavy atom. The van der Waals surface area contributed by atoms with Crippen molar-refractivity contribution in [2.24, 2.45) is 0 Å². The number of methoxy groups -OCH3 is 2. The molecular weight excluding hydrogens is 356 g/mol. The Morgan fingerprint density at radius 2 is 1.61 bits per heavy atom. The van der Waals surface area contributed by atoms with E-state index < -0.39 is 0 Å². The molecular formula is C22H26N2O4. The third kappa shape index (κ3) is 4.82. The van der Waals surface area contributed by atoms with Gasteiger partial charge in [-0.2, -0.15) is 0 Å². The van der Waals surface area contributed by atoms with Crippen LogP contribution in [0.3, 0.4) is 0 Å². The zero-order chi connectivity index (χ0) is 19.9. The fraction of sp³-hybridized carbons (Fsp3) is 0.364. The van der Waals surface area contributed by atoms with Crippen molar-refractivity contribution in [3.8, 4) is 11.5 Å². The maximum atomic E-state index is 12.5. The molecule has 2 aromatic rings. The summed E-state index contributed by atoms with van der Waals surface area (Å²) in [4.78, 5) is 26.8. The largest absolute Gasteiger partial charge is 0.493 e. The van der Waals surface area contributed by atoms with Crippen molar-refractivity contribution in [2.45, 2.75) is 25.7 Å². The Balaban J connectivity index is 1.60. The van der Waals surface area contributed by atoms with Gasteiger partial charge in [-0.3, -0.25) is 9.59 Å². The predicted molar refractivity (Wildman–Crippen MR) is 108 cm³/mol. The number of rotatable bonds is 6. The maximum Gasteiger partial charge on any atom is 0.255 e. The van der Waals surface area contributed by atoms with Gasteiger partial charge in [0.1, 0.15) is 0 Å². The van der Waals surface area contributed by atoms with Crippen LogP contribution in [0.2, 0.25) is 0 Å². The normalized spacial score (nSPS) is 13.7. The van der Waals surface area contributed by atoms with Crippen LogP contribution in [-0.2, 0) is 11.2 Å². The first kappa shape index (κ1) is 19.7. The minimum absolute atomic E-state index is 0.168. The average Bonchev–Trinajstić information content (AvgIpc) is 2.75. The summed E-state index contributed by atoms with van der Waals surface area (Å²) in [6.45, 7) is 1.72. The predicted octanol–water partition coefficient (Wildman–Crippen LogP) is 3.51. The fourth-order valence-electron chi connectivity index (χ4n) is 3.32.